The molecule has 1 aliphatic heterocycles. The van der Waals surface area contributed by atoms with E-state index in [-0.39, 0.29) is 11.3 Å². The first-order chi connectivity index (χ1) is 14.4. The standard InChI is InChI=1S/C24H28N2O4/c1-4-30-19-13-8-12-18(16-19)21-20(22(27)17-10-6-5-7-11-17)23(28)24(29)26(21)15-9-14-25(2)3/h5-8,10-13,16,21,27H,4,9,14-15H2,1-3H3. The Morgan fingerprint density at radius 3 is 2.50 bits per heavy atom. The van der Waals surface area contributed by atoms with Crippen LogP contribution in [0.15, 0.2) is 60.2 Å². The molecule has 6 heteroatoms. The second kappa shape index (κ2) is 9.59. The number of ketones is 1. The van der Waals surface area contributed by atoms with Crippen LogP contribution < -0.4 is 4.74 Å². The van der Waals surface area contributed by atoms with Crippen LogP contribution in [0.5, 0.6) is 5.75 Å². The maximum absolute atomic E-state index is 13.0. The molecule has 0 spiro atoms. The van der Waals surface area contributed by atoms with E-state index < -0.39 is 17.7 Å². The number of carbonyl (C=O) groups is 2. The van der Waals surface area contributed by atoms with Crippen molar-refractivity contribution in [3.63, 3.8) is 0 Å². The van der Waals surface area contributed by atoms with Gasteiger partial charge in [-0.05, 0) is 51.7 Å². The van der Waals surface area contributed by atoms with Crippen LogP contribution in [0.4, 0.5) is 0 Å². The number of rotatable bonds is 8. The minimum absolute atomic E-state index is 0.115. The third-order valence-electron chi connectivity index (χ3n) is 5.08. The summed E-state index contributed by atoms with van der Waals surface area (Å²) in [4.78, 5) is 29.5. The molecule has 0 bridgehead atoms. The van der Waals surface area contributed by atoms with Gasteiger partial charge in [-0.2, -0.15) is 0 Å². The van der Waals surface area contributed by atoms with Crippen LogP contribution in [0.25, 0.3) is 5.76 Å². The Kier molecular flexibility index (Phi) is 6.90. The largest absolute Gasteiger partial charge is 0.507 e. The monoisotopic (exact) mass is 408 g/mol. The van der Waals surface area contributed by atoms with Crippen molar-refractivity contribution in [2.75, 3.05) is 33.8 Å². The number of hydrogen-bond acceptors (Lipinski definition) is 5. The number of hydrogen-bond donors (Lipinski definition) is 1. The van der Waals surface area contributed by atoms with Gasteiger partial charge in [-0.3, -0.25) is 9.59 Å². The fraction of sp³-hybridized carbons (Fsp3) is 0.333. The fourth-order valence-electron chi connectivity index (χ4n) is 3.71. The molecule has 1 unspecified atom stereocenters. The highest BCUT2D eigenvalue weighted by atomic mass is 16.5. The molecule has 1 N–H and O–H groups in total. The summed E-state index contributed by atoms with van der Waals surface area (Å²) >= 11 is 0. The molecule has 1 amide bonds. The Labute approximate surface area is 177 Å². The summed E-state index contributed by atoms with van der Waals surface area (Å²) in [6.45, 7) is 3.61. The number of benzene rings is 2. The maximum Gasteiger partial charge on any atom is 0.295 e. The van der Waals surface area contributed by atoms with Gasteiger partial charge >= 0.3 is 0 Å². The summed E-state index contributed by atoms with van der Waals surface area (Å²) < 4.78 is 5.61. The lowest BCUT2D eigenvalue weighted by atomic mass is 9.95. The van der Waals surface area contributed by atoms with Gasteiger partial charge in [0.1, 0.15) is 11.5 Å². The van der Waals surface area contributed by atoms with Crippen LogP contribution in [-0.4, -0.2) is 60.4 Å². The summed E-state index contributed by atoms with van der Waals surface area (Å²) in [5, 5.41) is 11.0. The summed E-state index contributed by atoms with van der Waals surface area (Å²) in [6, 6.07) is 15.6. The number of Topliss-reactive ketones (excluding diaryl/α,β-unsaturated/α-hetero) is 1. The molecule has 2 aromatic rings. The summed E-state index contributed by atoms with van der Waals surface area (Å²) in [6.07, 6.45) is 0.715. The first-order valence-electron chi connectivity index (χ1n) is 10.1. The van der Waals surface area contributed by atoms with E-state index >= 15 is 0 Å². The first-order valence-corrected chi connectivity index (χ1v) is 10.1. The molecular formula is C24H28N2O4. The molecule has 158 valence electrons. The molecule has 1 saturated heterocycles. The van der Waals surface area contributed by atoms with E-state index in [0.29, 0.717) is 30.9 Å². The molecule has 1 heterocycles. The molecule has 0 aromatic heterocycles. The fourth-order valence-corrected chi connectivity index (χ4v) is 3.71. The van der Waals surface area contributed by atoms with E-state index in [9.17, 15) is 14.7 Å². The van der Waals surface area contributed by atoms with E-state index in [0.717, 1.165) is 12.1 Å². The van der Waals surface area contributed by atoms with Crippen molar-refractivity contribution in [1.82, 2.24) is 9.80 Å². The molecule has 1 aliphatic rings. The molecule has 6 nitrogen and oxygen atoms in total. The highest BCUT2D eigenvalue weighted by Gasteiger charge is 2.45. The van der Waals surface area contributed by atoms with Gasteiger partial charge in [-0.15, -0.1) is 0 Å². The quantitative estimate of drug-likeness (QED) is 0.412. The van der Waals surface area contributed by atoms with Crippen LogP contribution in [0.1, 0.15) is 30.5 Å². The van der Waals surface area contributed by atoms with Gasteiger partial charge in [0.05, 0.1) is 18.2 Å². The summed E-state index contributed by atoms with van der Waals surface area (Å²) in [5.74, 6) is -0.740. The highest BCUT2D eigenvalue weighted by Crippen LogP contribution is 2.40. The Morgan fingerprint density at radius 2 is 1.83 bits per heavy atom. The van der Waals surface area contributed by atoms with Crippen LogP contribution in [0.2, 0.25) is 0 Å². The van der Waals surface area contributed by atoms with E-state index in [1.54, 1.807) is 29.2 Å². The zero-order valence-corrected chi connectivity index (χ0v) is 17.7. The highest BCUT2D eigenvalue weighted by molar-refractivity contribution is 6.46. The van der Waals surface area contributed by atoms with Crippen molar-refractivity contribution in [2.45, 2.75) is 19.4 Å². The second-order valence-electron chi connectivity index (χ2n) is 7.52. The number of likely N-dealkylation sites (tertiary alicyclic amines) is 1. The molecule has 0 radical (unpaired) electrons. The summed E-state index contributed by atoms with van der Waals surface area (Å²) in [5.41, 5.74) is 1.36. The topological polar surface area (TPSA) is 70.1 Å². The van der Waals surface area contributed by atoms with Crippen LogP contribution in [0, 0.1) is 0 Å². The van der Waals surface area contributed by atoms with Gasteiger partial charge in [0, 0.05) is 12.1 Å². The van der Waals surface area contributed by atoms with E-state index in [4.69, 9.17) is 4.74 Å². The molecule has 0 aliphatic carbocycles. The van der Waals surface area contributed by atoms with E-state index in [2.05, 4.69) is 0 Å². The average Bonchev–Trinajstić information content (AvgIpc) is 2.99. The van der Waals surface area contributed by atoms with Crippen molar-refractivity contribution < 1.29 is 19.4 Å². The number of ether oxygens (including phenoxy) is 1. The first kappa shape index (κ1) is 21.6. The van der Waals surface area contributed by atoms with Crippen LogP contribution in [-0.2, 0) is 9.59 Å². The van der Waals surface area contributed by atoms with Gasteiger partial charge in [-0.1, -0.05) is 42.5 Å². The third-order valence-corrected chi connectivity index (χ3v) is 5.08. The Bertz CT molecular complexity index is 937. The average molecular weight is 408 g/mol. The number of aliphatic hydroxyl groups is 1. The van der Waals surface area contributed by atoms with Gasteiger partial charge in [-0.25, -0.2) is 0 Å². The predicted octanol–water partition coefficient (Wildman–Crippen LogP) is 3.46. The molecule has 3 rings (SSSR count). The van der Waals surface area contributed by atoms with Crippen molar-refractivity contribution in [3.05, 3.63) is 71.3 Å². The Morgan fingerprint density at radius 1 is 1.10 bits per heavy atom. The van der Waals surface area contributed by atoms with Gasteiger partial charge in [0.15, 0.2) is 0 Å². The molecule has 1 fully saturated rings. The molecule has 1 atom stereocenters. The van der Waals surface area contributed by atoms with Gasteiger partial charge in [0.25, 0.3) is 11.7 Å². The Hall–Kier alpha value is -3.12. The SMILES string of the molecule is CCOc1cccc(C2C(=C(O)c3ccccc3)C(=O)C(=O)N2CCCN(C)C)c1. The normalized spacial score (nSPS) is 18.3. The van der Waals surface area contributed by atoms with Crippen LogP contribution >= 0.6 is 0 Å². The number of carbonyl (C=O) groups excluding carboxylic acids is 2. The van der Waals surface area contributed by atoms with Crippen molar-refractivity contribution in [3.8, 4) is 5.75 Å². The Balaban J connectivity index is 2.08. The predicted molar refractivity (Wildman–Crippen MR) is 116 cm³/mol. The zero-order chi connectivity index (χ0) is 21.7. The minimum atomic E-state index is -0.659. The third kappa shape index (κ3) is 4.54. The lowest BCUT2D eigenvalue weighted by Gasteiger charge is -2.26. The van der Waals surface area contributed by atoms with Gasteiger partial charge in [0.2, 0.25) is 0 Å². The molecule has 30 heavy (non-hydrogen) atoms. The smallest absolute Gasteiger partial charge is 0.295 e. The van der Waals surface area contributed by atoms with E-state index in [1.165, 1.54) is 0 Å². The van der Waals surface area contributed by atoms with Crippen molar-refractivity contribution in [1.29, 1.82) is 0 Å². The second-order valence-corrected chi connectivity index (χ2v) is 7.52. The van der Waals surface area contributed by atoms with Crippen molar-refractivity contribution >= 4 is 17.4 Å². The molecular weight excluding hydrogens is 380 g/mol. The summed E-state index contributed by atoms with van der Waals surface area (Å²) in [7, 11) is 3.93. The van der Waals surface area contributed by atoms with Gasteiger partial charge < -0.3 is 19.6 Å². The lowest BCUT2D eigenvalue weighted by Crippen LogP contribution is -2.32. The molecule has 2 aromatic carbocycles. The van der Waals surface area contributed by atoms with E-state index in [1.807, 2.05) is 56.3 Å². The lowest BCUT2D eigenvalue weighted by molar-refractivity contribution is -0.139. The zero-order valence-electron chi connectivity index (χ0n) is 17.7. The number of aliphatic hydroxyl groups excluding tert-OH is 1. The maximum atomic E-state index is 13.0. The molecule has 0 saturated carbocycles. The minimum Gasteiger partial charge on any atom is -0.507 e. The number of nitrogens with zero attached hydrogens (tertiary/aromatic N) is 2. The van der Waals surface area contributed by atoms with Crippen molar-refractivity contribution in [2.24, 2.45) is 0 Å². The number of amides is 1. The van der Waals surface area contributed by atoms with Crippen LogP contribution in [0.3, 0.4) is 0 Å².